The highest BCUT2D eigenvalue weighted by atomic mass is 16.4. The van der Waals surface area contributed by atoms with Gasteiger partial charge in [0.25, 0.3) is 0 Å². The molecule has 0 spiro atoms. The molecule has 0 aliphatic rings. The second kappa shape index (κ2) is 31.9. The molecule has 69 heavy (non-hydrogen) atoms. The fraction of sp³-hybridized carbons (Fsp3) is 0.675. The van der Waals surface area contributed by atoms with Crippen molar-refractivity contribution in [1.82, 2.24) is 42.5 Å². The molecule has 390 valence electrons. The molecule has 21 N–H and O–H groups in total. The number of carbonyl (C=O) groups is 13. The molecule has 0 aromatic carbocycles. The number of carbonyl (C=O) groups excluding carboxylic acids is 10. The molecule has 0 aromatic rings. The predicted molar refractivity (Wildman–Crippen MR) is 240 cm³/mol. The van der Waals surface area contributed by atoms with Gasteiger partial charge in [-0.25, -0.2) is 0 Å². The van der Waals surface area contributed by atoms with Gasteiger partial charge >= 0.3 is 17.9 Å². The van der Waals surface area contributed by atoms with Crippen molar-refractivity contribution in [1.29, 1.82) is 0 Å². The van der Waals surface area contributed by atoms with Crippen molar-refractivity contribution in [2.45, 2.75) is 153 Å². The second-order valence-electron chi connectivity index (χ2n) is 16.4. The standard InChI is InChI=1S/C40H69N13O16/c1-18(2)31(53-32(60)19(3)46-33(61)21(43)15-29(56)57)39(67)50-23(10-6-8-14-42)34(62)49-24(11-12-27(44)54)36(64)48-22(9-5-7-13-41)35(63)51-25(16-28(45)55)38(66)52-26(17-30(58)59)37(65)47-20(4)40(68)69/h18-26,31H,5-17,41-43H2,1-4H3,(H2,44,54)(H2,45,55)(H,46,61)(H,47,65)(H,48,64)(H,49,62)(H,50,67)(H,51,63)(H,52,66)(H,53,60)(H,56,57)(H,58,59)(H,68,69)/t19-,20-,21-,22-,23-,24-,25-,26-,31-/m0/s1. The van der Waals surface area contributed by atoms with E-state index in [9.17, 15) is 67.4 Å². The van der Waals surface area contributed by atoms with Gasteiger partial charge in [-0.3, -0.25) is 62.3 Å². The lowest BCUT2D eigenvalue weighted by molar-refractivity contribution is -0.143. The summed E-state index contributed by atoms with van der Waals surface area (Å²) in [5.74, 6) is -15.5. The number of carboxylic acids is 3. The van der Waals surface area contributed by atoms with E-state index >= 15 is 0 Å². The molecule has 0 aromatic heterocycles. The number of aliphatic carboxylic acids is 3. The minimum absolute atomic E-state index is 0.0629. The van der Waals surface area contributed by atoms with Gasteiger partial charge in [-0.2, -0.15) is 0 Å². The number of amides is 10. The molecule has 0 saturated carbocycles. The summed E-state index contributed by atoms with van der Waals surface area (Å²) in [6.07, 6.45) is -2.74. The van der Waals surface area contributed by atoms with Crippen LogP contribution in [0, 0.1) is 5.92 Å². The van der Waals surface area contributed by atoms with E-state index in [1.165, 1.54) is 6.92 Å². The number of nitrogens with two attached hydrogens (primary N) is 5. The van der Waals surface area contributed by atoms with Crippen molar-refractivity contribution in [2.75, 3.05) is 13.1 Å². The van der Waals surface area contributed by atoms with Crippen molar-refractivity contribution in [2.24, 2.45) is 34.6 Å². The van der Waals surface area contributed by atoms with E-state index in [-0.39, 0.29) is 38.8 Å². The minimum atomic E-state index is -1.90. The highest BCUT2D eigenvalue weighted by Crippen LogP contribution is 2.10. The Hall–Kier alpha value is -7.01. The van der Waals surface area contributed by atoms with E-state index in [1.54, 1.807) is 13.8 Å². The lowest BCUT2D eigenvalue weighted by atomic mass is 10.0. The van der Waals surface area contributed by atoms with Gasteiger partial charge in [0.2, 0.25) is 59.1 Å². The topological polar surface area (TPSA) is 509 Å². The van der Waals surface area contributed by atoms with Crippen LogP contribution in [-0.4, -0.2) is 160 Å². The first kappa shape index (κ1) is 62.0. The molecule has 0 fully saturated rings. The third-order valence-corrected chi connectivity index (χ3v) is 9.98. The molecule has 0 aliphatic heterocycles. The minimum Gasteiger partial charge on any atom is -0.481 e. The molecule has 0 radical (unpaired) electrons. The monoisotopic (exact) mass is 987 g/mol. The van der Waals surface area contributed by atoms with Gasteiger partial charge in [-0.15, -0.1) is 0 Å². The van der Waals surface area contributed by atoms with Crippen LogP contribution < -0.4 is 71.2 Å². The Morgan fingerprint density at radius 2 is 0.812 bits per heavy atom. The molecule has 29 nitrogen and oxygen atoms in total. The van der Waals surface area contributed by atoms with Crippen LogP contribution in [-0.2, 0) is 62.3 Å². The van der Waals surface area contributed by atoms with Crippen LogP contribution in [0.4, 0.5) is 0 Å². The van der Waals surface area contributed by atoms with Gasteiger partial charge in [-0.1, -0.05) is 13.8 Å². The smallest absolute Gasteiger partial charge is 0.325 e. The summed E-state index contributed by atoms with van der Waals surface area (Å²) in [4.78, 5) is 165. The highest BCUT2D eigenvalue weighted by Gasteiger charge is 2.36. The summed E-state index contributed by atoms with van der Waals surface area (Å²) in [5.41, 5.74) is 27.5. The van der Waals surface area contributed by atoms with Crippen molar-refractivity contribution < 1.29 is 77.6 Å². The number of hydrogen-bond donors (Lipinski definition) is 16. The largest absolute Gasteiger partial charge is 0.481 e. The molecule has 0 heterocycles. The van der Waals surface area contributed by atoms with Crippen LogP contribution in [0.3, 0.4) is 0 Å². The lowest BCUT2D eigenvalue weighted by Gasteiger charge is -2.28. The van der Waals surface area contributed by atoms with Gasteiger partial charge < -0.3 is 86.5 Å². The van der Waals surface area contributed by atoms with E-state index in [1.807, 2.05) is 5.32 Å². The van der Waals surface area contributed by atoms with Gasteiger partial charge in [0.1, 0.15) is 48.3 Å². The second-order valence-corrected chi connectivity index (χ2v) is 16.4. The number of carboxylic acid groups (broad SMARTS) is 3. The number of hydrogen-bond acceptors (Lipinski definition) is 16. The Labute approximate surface area is 397 Å². The van der Waals surface area contributed by atoms with Gasteiger partial charge in [0.05, 0.1) is 25.3 Å². The maximum absolute atomic E-state index is 14.0. The first-order valence-corrected chi connectivity index (χ1v) is 22.0. The van der Waals surface area contributed by atoms with Crippen molar-refractivity contribution in [3.8, 4) is 0 Å². The number of primary amides is 2. The van der Waals surface area contributed by atoms with Gasteiger partial charge in [0.15, 0.2) is 0 Å². The molecule has 0 bridgehead atoms. The van der Waals surface area contributed by atoms with E-state index in [4.69, 9.17) is 38.9 Å². The normalized spacial score (nSPS) is 14.8. The maximum Gasteiger partial charge on any atom is 0.325 e. The number of nitrogens with one attached hydrogen (secondary N) is 8. The van der Waals surface area contributed by atoms with Crippen LogP contribution in [0.25, 0.3) is 0 Å². The van der Waals surface area contributed by atoms with Crippen LogP contribution in [0.15, 0.2) is 0 Å². The van der Waals surface area contributed by atoms with E-state index in [0.717, 1.165) is 6.92 Å². The number of unbranched alkanes of at least 4 members (excludes halogenated alkanes) is 2. The van der Waals surface area contributed by atoms with Crippen molar-refractivity contribution in [3.05, 3.63) is 0 Å². The molecule has 0 saturated heterocycles. The van der Waals surface area contributed by atoms with E-state index < -0.39 is 169 Å². The summed E-state index contributed by atoms with van der Waals surface area (Å²) in [6.45, 7) is 5.77. The molecular formula is C40H69N13O16. The zero-order chi connectivity index (χ0) is 53.1. The van der Waals surface area contributed by atoms with Crippen LogP contribution in [0.2, 0.25) is 0 Å². The van der Waals surface area contributed by atoms with Crippen LogP contribution >= 0.6 is 0 Å². The molecular weight excluding hydrogens is 919 g/mol. The SMILES string of the molecule is CC(C)[C@H](NC(=O)[C@H](C)NC(=O)[C@@H](N)CC(=O)O)C(=O)N[C@@H](CCCCN)C(=O)N[C@@H](CCC(N)=O)C(=O)N[C@@H](CCCCN)C(=O)N[C@@H](CC(N)=O)C(=O)N[C@@H](CC(=O)O)C(=O)N[C@@H](C)C(=O)O. The average molecular weight is 988 g/mol. The van der Waals surface area contributed by atoms with Crippen LogP contribution in [0.1, 0.15) is 98.3 Å². The summed E-state index contributed by atoms with van der Waals surface area (Å²) < 4.78 is 0. The van der Waals surface area contributed by atoms with E-state index in [2.05, 4.69) is 37.2 Å². The molecule has 29 heteroatoms. The fourth-order valence-corrected chi connectivity index (χ4v) is 6.08. The molecule has 10 amide bonds. The van der Waals surface area contributed by atoms with Gasteiger partial charge in [0, 0.05) is 6.42 Å². The van der Waals surface area contributed by atoms with E-state index in [0.29, 0.717) is 12.8 Å². The van der Waals surface area contributed by atoms with Crippen LogP contribution in [0.5, 0.6) is 0 Å². The van der Waals surface area contributed by atoms with Gasteiger partial charge in [-0.05, 0) is 77.8 Å². The Bertz CT molecular complexity index is 1850. The summed E-state index contributed by atoms with van der Waals surface area (Å²) in [6, 6.07) is -14.0. The zero-order valence-corrected chi connectivity index (χ0v) is 39.0. The maximum atomic E-state index is 14.0. The lowest BCUT2D eigenvalue weighted by Crippen LogP contribution is -2.61. The quantitative estimate of drug-likeness (QED) is 0.0263. The first-order chi connectivity index (χ1) is 32.1. The third kappa shape index (κ3) is 25.1. The summed E-state index contributed by atoms with van der Waals surface area (Å²) in [5, 5.41) is 45.8. The molecule has 9 atom stereocenters. The first-order valence-electron chi connectivity index (χ1n) is 22.0. The molecule has 0 unspecified atom stereocenters. The fourth-order valence-electron chi connectivity index (χ4n) is 6.08. The average Bonchev–Trinajstić information content (AvgIpc) is 3.24. The zero-order valence-electron chi connectivity index (χ0n) is 39.0. The summed E-state index contributed by atoms with van der Waals surface area (Å²) >= 11 is 0. The molecule has 0 aliphatic carbocycles. The highest BCUT2D eigenvalue weighted by molar-refractivity contribution is 5.99. The Morgan fingerprint density at radius 1 is 0.420 bits per heavy atom. The Morgan fingerprint density at radius 3 is 1.22 bits per heavy atom. The van der Waals surface area contributed by atoms with Crippen molar-refractivity contribution in [3.63, 3.8) is 0 Å². The third-order valence-electron chi connectivity index (χ3n) is 9.98. The predicted octanol–water partition coefficient (Wildman–Crippen LogP) is -6.68. The van der Waals surface area contributed by atoms with Crippen molar-refractivity contribution >= 4 is 77.0 Å². The Balaban J connectivity index is 6.64. The number of rotatable bonds is 35. The Kier molecular flexibility index (Phi) is 28.6. The molecule has 0 rings (SSSR count). The summed E-state index contributed by atoms with van der Waals surface area (Å²) in [7, 11) is 0.